The molecule has 1 aliphatic heterocycles. The van der Waals surface area contributed by atoms with Crippen molar-refractivity contribution in [1.82, 2.24) is 4.90 Å². The van der Waals surface area contributed by atoms with Gasteiger partial charge < -0.3 is 10.4 Å². The van der Waals surface area contributed by atoms with Gasteiger partial charge in [0.1, 0.15) is 6.54 Å². The SMILES string of the molecule is O=C(CN1C(=O)[C@@H]2C3c4ccccc4C(Br)(c4ccccc43)[C@@H]2C1=O)Nc1ccc(C(=O)O)cc1. The Hall–Kier alpha value is -3.78. The molecule has 3 aliphatic carbocycles. The molecule has 2 bridgehead atoms. The first kappa shape index (κ1) is 21.7. The number of aromatic carboxylic acids is 1. The number of carbonyl (C=O) groups excluding carboxylic acids is 3. The molecule has 3 aromatic carbocycles. The molecule has 2 atom stereocenters. The van der Waals surface area contributed by atoms with Crippen LogP contribution < -0.4 is 5.32 Å². The summed E-state index contributed by atoms with van der Waals surface area (Å²) in [4.78, 5) is 52.2. The van der Waals surface area contributed by atoms with Crippen LogP contribution >= 0.6 is 15.9 Å². The minimum absolute atomic E-state index is 0.0919. The van der Waals surface area contributed by atoms with E-state index >= 15 is 0 Å². The molecule has 0 saturated carbocycles. The summed E-state index contributed by atoms with van der Waals surface area (Å²) in [7, 11) is 0. The number of amides is 3. The number of carbonyl (C=O) groups is 4. The van der Waals surface area contributed by atoms with Gasteiger partial charge in [-0.05, 0) is 46.5 Å². The molecular weight excluding hydrogens is 512 g/mol. The van der Waals surface area contributed by atoms with Crippen molar-refractivity contribution >= 4 is 45.3 Å². The summed E-state index contributed by atoms with van der Waals surface area (Å²) in [6.07, 6.45) is 0. The second-order valence-electron chi connectivity index (χ2n) is 9.06. The van der Waals surface area contributed by atoms with Crippen molar-refractivity contribution in [2.75, 3.05) is 11.9 Å². The molecule has 174 valence electrons. The van der Waals surface area contributed by atoms with Crippen molar-refractivity contribution in [3.8, 4) is 0 Å². The van der Waals surface area contributed by atoms with Crippen LogP contribution in [0.3, 0.4) is 0 Å². The van der Waals surface area contributed by atoms with E-state index in [-0.39, 0.29) is 23.3 Å². The molecule has 3 aromatic rings. The van der Waals surface area contributed by atoms with E-state index in [9.17, 15) is 19.2 Å². The highest BCUT2D eigenvalue weighted by Crippen LogP contribution is 2.66. The minimum atomic E-state index is -1.07. The van der Waals surface area contributed by atoms with E-state index in [0.717, 1.165) is 27.2 Å². The van der Waals surface area contributed by atoms with Crippen LogP contribution in [0.2, 0.25) is 0 Å². The Kier molecular flexibility index (Phi) is 4.73. The van der Waals surface area contributed by atoms with Crippen molar-refractivity contribution in [2.24, 2.45) is 11.8 Å². The van der Waals surface area contributed by atoms with Crippen LogP contribution in [0.1, 0.15) is 38.5 Å². The molecule has 7 nitrogen and oxygen atoms in total. The summed E-state index contributed by atoms with van der Waals surface area (Å²) in [5.41, 5.74) is 4.49. The normalized spacial score (nSPS) is 25.6. The lowest BCUT2D eigenvalue weighted by Crippen LogP contribution is -2.50. The number of nitrogens with one attached hydrogen (secondary N) is 1. The van der Waals surface area contributed by atoms with E-state index in [1.807, 2.05) is 48.5 Å². The van der Waals surface area contributed by atoms with Crippen LogP contribution in [0.15, 0.2) is 72.8 Å². The van der Waals surface area contributed by atoms with Crippen molar-refractivity contribution in [1.29, 1.82) is 0 Å². The summed E-state index contributed by atoms with van der Waals surface area (Å²) < 4.78 is -0.857. The third-order valence-corrected chi connectivity index (χ3v) is 8.67. The lowest BCUT2D eigenvalue weighted by molar-refractivity contribution is -0.142. The van der Waals surface area contributed by atoms with E-state index in [4.69, 9.17) is 5.11 Å². The van der Waals surface area contributed by atoms with E-state index in [1.54, 1.807) is 0 Å². The van der Waals surface area contributed by atoms with Gasteiger partial charge in [-0.1, -0.05) is 64.5 Å². The third-order valence-electron chi connectivity index (χ3n) is 7.32. The molecule has 0 aromatic heterocycles. The molecule has 1 saturated heterocycles. The lowest BCUT2D eigenvalue weighted by atomic mass is 9.55. The van der Waals surface area contributed by atoms with Gasteiger partial charge in [0.2, 0.25) is 17.7 Å². The number of benzene rings is 3. The maximum atomic E-state index is 13.7. The summed E-state index contributed by atoms with van der Waals surface area (Å²) in [6.45, 7) is -0.409. The van der Waals surface area contributed by atoms with Crippen LogP contribution in [0.4, 0.5) is 5.69 Å². The largest absolute Gasteiger partial charge is 0.478 e. The zero-order valence-electron chi connectivity index (χ0n) is 18.3. The number of hydrogen-bond donors (Lipinski definition) is 2. The zero-order valence-corrected chi connectivity index (χ0v) is 19.9. The quantitative estimate of drug-likeness (QED) is 0.395. The summed E-state index contributed by atoms with van der Waals surface area (Å²) in [5, 5.41) is 11.7. The summed E-state index contributed by atoms with van der Waals surface area (Å²) >= 11 is 3.92. The first-order valence-corrected chi connectivity index (χ1v) is 12.0. The van der Waals surface area contributed by atoms with Gasteiger partial charge in [0.25, 0.3) is 0 Å². The zero-order chi connectivity index (χ0) is 24.5. The number of nitrogens with zero attached hydrogens (tertiary/aromatic N) is 1. The number of hydrogen-bond acceptors (Lipinski definition) is 4. The van der Waals surface area contributed by atoms with Crippen LogP contribution in [0.5, 0.6) is 0 Å². The summed E-state index contributed by atoms with van der Waals surface area (Å²) in [5.74, 6) is -3.85. The number of alkyl halides is 1. The molecule has 1 fully saturated rings. The number of rotatable bonds is 4. The van der Waals surface area contributed by atoms with Crippen LogP contribution in [-0.4, -0.2) is 40.2 Å². The average Bonchev–Trinajstić information content (AvgIpc) is 3.11. The Bertz CT molecular complexity index is 1390. The number of carboxylic acid groups (broad SMARTS) is 1. The van der Waals surface area contributed by atoms with Gasteiger partial charge in [-0.2, -0.15) is 0 Å². The van der Waals surface area contributed by atoms with E-state index in [0.29, 0.717) is 5.69 Å². The predicted octanol–water partition coefficient (Wildman–Crippen LogP) is 3.72. The van der Waals surface area contributed by atoms with Crippen LogP contribution in [-0.2, 0) is 18.7 Å². The van der Waals surface area contributed by atoms with E-state index < -0.39 is 34.6 Å². The second kappa shape index (κ2) is 7.61. The van der Waals surface area contributed by atoms with E-state index in [2.05, 4.69) is 21.2 Å². The first-order chi connectivity index (χ1) is 16.8. The fourth-order valence-electron chi connectivity index (χ4n) is 5.93. The highest BCUT2D eigenvalue weighted by Gasteiger charge is 2.67. The molecule has 35 heavy (non-hydrogen) atoms. The fraction of sp³-hybridized carbons (Fsp3) is 0.185. The molecule has 3 amide bonds. The van der Waals surface area contributed by atoms with E-state index in [1.165, 1.54) is 24.3 Å². The third kappa shape index (κ3) is 2.96. The molecule has 7 rings (SSSR count). The van der Waals surface area contributed by atoms with Crippen molar-refractivity contribution in [2.45, 2.75) is 10.2 Å². The molecule has 1 heterocycles. The van der Waals surface area contributed by atoms with Gasteiger partial charge in [-0.3, -0.25) is 19.3 Å². The second-order valence-corrected chi connectivity index (χ2v) is 10.3. The summed E-state index contributed by atoms with van der Waals surface area (Å²) in [6, 6.07) is 21.4. The van der Waals surface area contributed by atoms with Crippen molar-refractivity contribution in [3.63, 3.8) is 0 Å². The topological polar surface area (TPSA) is 104 Å². The van der Waals surface area contributed by atoms with Gasteiger partial charge in [0.15, 0.2) is 0 Å². The maximum Gasteiger partial charge on any atom is 0.335 e. The van der Waals surface area contributed by atoms with Gasteiger partial charge in [0, 0.05) is 11.6 Å². The number of anilines is 1. The van der Waals surface area contributed by atoms with Crippen LogP contribution in [0, 0.1) is 11.8 Å². The average molecular weight is 531 g/mol. The highest BCUT2D eigenvalue weighted by atomic mass is 79.9. The molecule has 4 aliphatic rings. The molecule has 2 N–H and O–H groups in total. The van der Waals surface area contributed by atoms with Gasteiger partial charge in [-0.15, -0.1) is 0 Å². The lowest BCUT2D eigenvalue weighted by Gasteiger charge is -2.51. The Morgan fingerprint density at radius 1 is 0.886 bits per heavy atom. The first-order valence-electron chi connectivity index (χ1n) is 11.2. The molecule has 8 heteroatoms. The standard InChI is InChI=1S/C27H19BrN2O5/c28-27-18-7-3-1-5-16(18)21(17-6-2-4-8-19(17)27)22-23(27)25(33)30(24(22)32)13-20(31)29-15-11-9-14(10-12-15)26(34)35/h1-12,21-23H,13H2,(H,29,31)(H,34,35)/t21?,22-,23+,27?/m1/s1. The minimum Gasteiger partial charge on any atom is -0.478 e. The van der Waals surface area contributed by atoms with Gasteiger partial charge >= 0.3 is 5.97 Å². The number of carboxylic acids is 1. The monoisotopic (exact) mass is 530 g/mol. The van der Waals surface area contributed by atoms with Gasteiger partial charge in [-0.25, -0.2) is 4.79 Å². The molecule has 0 unspecified atom stereocenters. The Morgan fingerprint density at radius 3 is 2.03 bits per heavy atom. The Morgan fingerprint density at radius 2 is 1.46 bits per heavy atom. The molecule has 0 spiro atoms. The van der Waals surface area contributed by atoms with Gasteiger partial charge in [0.05, 0.1) is 21.7 Å². The Labute approximate surface area is 208 Å². The number of halogens is 1. The predicted molar refractivity (Wildman–Crippen MR) is 130 cm³/mol. The van der Waals surface area contributed by atoms with Crippen LogP contribution in [0.25, 0.3) is 0 Å². The smallest absolute Gasteiger partial charge is 0.335 e. The number of imide groups is 1. The molecular formula is C27H19BrN2O5. The maximum absolute atomic E-state index is 13.7. The fourth-order valence-corrected chi connectivity index (χ4v) is 7.14. The van der Waals surface area contributed by atoms with Crippen molar-refractivity contribution < 1.29 is 24.3 Å². The number of likely N-dealkylation sites (tertiary alicyclic amines) is 1. The Balaban J connectivity index is 1.33. The van der Waals surface area contributed by atoms with Crippen molar-refractivity contribution in [3.05, 3.63) is 101 Å². The highest BCUT2D eigenvalue weighted by molar-refractivity contribution is 9.09. The molecule has 0 radical (unpaired) electrons.